The van der Waals surface area contributed by atoms with Gasteiger partial charge in [-0.25, -0.2) is 0 Å². The molecule has 1 saturated carbocycles. The molecule has 1 fully saturated rings. The second-order valence-corrected chi connectivity index (χ2v) is 6.34. The minimum absolute atomic E-state index is 0.256. The Morgan fingerprint density at radius 2 is 1.88 bits per heavy atom. The van der Waals surface area contributed by atoms with Crippen LogP contribution in [0.1, 0.15) is 46.1 Å². The largest absolute Gasteiger partial charge is 0.311 e. The van der Waals surface area contributed by atoms with Gasteiger partial charge in [-0.3, -0.25) is 0 Å². The smallest absolute Gasteiger partial charge is 0.00988 e. The number of nitrogens with one attached hydrogen (secondary N) is 1. The van der Waals surface area contributed by atoms with Gasteiger partial charge in [0.05, 0.1) is 0 Å². The lowest BCUT2D eigenvalue weighted by Gasteiger charge is -2.29. The molecule has 0 amide bonds. The van der Waals surface area contributed by atoms with E-state index < -0.39 is 0 Å². The summed E-state index contributed by atoms with van der Waals surface area (Å²) >= 11 is 0. The summed E-state index contributed by atoms with van der Waals surface area (Å²) in [4.78, 5) is 0. The minimum atomic E-state index is 0.256. The van der Waals surface area contributed by atoms with E-state index in [9.17, 15) is 0 Å². The van der Waals surface area contributed by atoms with Gasteiger partial charge in [0.2, 0.25) is 0 Å². The van der Waals surface area contributed by atoms with Crippen molar-refractivity contribution in [2.45, 2.75) is 58.0 Å². The van der Waals surface area contributed by atoms with Crippen molar-refractivity contribution in [2.24, 2.45) is 5.92 Å². The van der Waals surface area contributed by atoms with Gasteiger partial charge in [0.15, 0.2) is 0 Å². The molecule has 1 aromatic rings. The molecular formula is C16H25N. The maximum Gasteiger partial charge on any atom is 0.00988 e. The lowest BCUT2D eigenvalue weighted by atomic mass is 9.79. The molecule has 94 valence electrons. The van der Waals surface area contributed by atoms with E-state index in [0.717, 1.165) is 12.0 Å². The zero-order chi connectivity index (χ0) is 12.5. The average Bonchev–Trinajstić information content (AvgIpc) is 2.94. The van der Waals surface area contributed by atoms with Crippen molar-refractivity contribution in [2.75, 3.05) is 0 Å². The molecule has 1 N–H and O–H groups in total. The van der Waals surface area contributed by atoms with Crippen LogP contribution in [0.15, 0.2) is 30.3 Å². The molecule has 0 saturated heterocycles. The van der Waals surface area contributed by atoms with E-state index in [2.05, 4.69) is 63.3 Å². The molecule has 1 aliphatic rings. The molecule has 3 unspecified atom stereocenters. The Morgan fingerprint density at radius 1 is 1.29 bits per heavy atom. The van der Waals surface area contributed by atoms with E-state index in [1.165, 1.54) is 18.4 Å². The normalized spacial score (nSPS) is 25.6. The fourth-order valence-electron chi connectivity index (χ4n) is 2.75. The summed E-state index contributed by atoms with van der Waals surface area (Å²) in [6.07, 6.45) is 2.55. The molecule has 1 heteroatoms. The van der Waals surface area contributed by atoms with Crippen LogP contribution in [0, 0.1) is 5.92 Å². The molecule has 0 radical (unpaired) electrons. The third kappa shape index (κ3) is 3.32. The van der Waals surface area contributed by atoms with Crippen molar-refractivity contribution in [1.29, 1.82) is 0 Å². The van der Waals surface area contributed by atoms with Crippen LogP contribution in [0.3, 0.4) is 0 Å². The molecule has 1 aliphatic carbocycles. The number of benzene rings is 1. The van der Waals surface area contributed by atoms with Gasteiger partial charge in [-0.15, -0.1) is 0 Å². The van der Waals surface area contributed by atoms with Crippen LogP contribution in [-0.2, 0) is 5.41 Å². The summed E-state index contributed by atoms with van der Waals surface area (Å²) in [6, 6.07) is 12.2. The van der Waals surface area contributed by atoms with Gasteiger partial charge in [0.1, 0.15) is 0 Å². The van der Waals surface area contributed by atoms with E-state index in [1.54, 1.807) is 0 Å². The fraction of sp³-hybridized carbons (Fsp3) is 0.625. The van der Waals surface area contributed by atoms with Crippen molar-refractivity contribution in [3.05, 3.63) is 35.9 Å². The molecule has 2 rings (SSSR count). The molecule has 1 nitrogen and oxygen atoms in total. The van der Waals surface area contributed by atoms with E-state index in [-0.39, 0.29) is 5.41 Å². The Hall–Kier alpha value is -0.820. The molecule has 0 spiro atoms. The van der Waals surface area contributed by atoms with Gasteiger partial charge in [-0.2, -0.15) is 0 Å². The topological polar surface area (TPSA) is 12.0 Å². The number of rotatable bonds is 5. The van der Waals surface area contributed by atoms with Crippen LogP contribution in [-0.4, -0.2) is 12.1 Å². The molecular weight excluding hydrogens is 206 g/mol. The molecule has 0 heterocycles. The predicted octanol–water partition coefficient (Wildman–Crippen LogP) is 3.74. The van der Waals surface area contributed by atoms with E-state index in [0.29, 0.717) is 6.04 Å². The summed E-state index contributed by atoms with van der Waals surface area (Å²) < 4.78 is 0. The summed E-state index contributed by atoms with van der Waals surface area (Å²) in [7, 11) is 0. The Labute approximate surface area is 106 Å². The Balaban J connectivity index is 1.92. The van der Waals surface area contributed by atoms with Crippen molar-refractivity contribution in [3.8, 4) is 0 Å². The van der Waals surface area contributed by atoms with Crippen molar-refractivity contribution in [1.82, 2.24) is 5.32 Å². The highest BCUT2D eigenvalue weighted by molar-refractivity contribution is 5.23. The summed E-state index contributed by atoms with van der Waals surface area (Å²) in [5.74, 6) is 0.886. The summed E-state index contributed by atoms with van der Waals surface area (Å²) in [5, 5.41) is 3.73. The third-order valence-electron chi connectivity index (χ3n) is 3.98. The van der Waals surface area contributed by atoms with Crippen molar-refractivity contribution < 1.29 is 0 Å². The van der Waals surface area contributed by atoms with Crippen LogP contribution in [0.2, 0.25) is 0 Å². The first-order valence-electron chi connectivity index (χ1n) is 6.80. The van der Waals surface area contributed by atoms with E-state index >= 15 is 0 Å². The van der Waals surface area contributed by atoms with Gasteiger partial charge < -0.3 is 5.32 Å². The maximum absolute atomic E-state index is 3.73. The second kappa shape index (κ2) is 4.81. The first kappa shape index (κ1) is 12.6. The zero-order valence-corrected chi connectivity index (χ0v) is 11.5. The van der Waals surface area contributed by atoms with E-state index in [4.69, 9.17) is 0 Å². The minimum Gasteiger partial charge on any atom is -0.311 e. The Bertz CT molecular complexity index is 355. The molecule has 3 atom stereocenters. The first-order valence-corrected chi connectivity index (χ1v) is 6.80. The monoisotopic (exact) mass is 231 g/mol. The molecule has 1 aromatic carbocycles. The molecule has 0 bridgehead atoms. The maximum atomic E-state index is 3.73. The van der Waals surface area contributed by atoms with Gasteiger partial charge in [0.25, 0.3) is 0 Å². The quantitative estimate of drug-likeness (QED) is 0.814. The van der Waals surface area contributed by atoms with Crippen molar-refractivity contribution >= 4 is 0 Å². The van der Waals surface area contributed by atoms with Crippen molar-refractivity contribution in [3.63, 3.8) is 0 Å². The third-order valence-corrected chi connectivity index (χ3v) is 3.98. The van der Waals surface area contributed by atoms with E-state index in [1.807, 2.05) is 0 Å². The van der Waals surface area contributed by atoms with Crippen LogP contribution in [0.5, 0.6) is 0 Å². The highest BCUT2D eigenvalue weighted by atomic mass is 15.0. The fourth-order valence-corrected chi connectivity index (χ4v) is 2.75. The Kier molecular flexibility index (Phi) is 3.58. The van der Waals surface area contributed by atoms with Gasteiger partial charge in [-0.1, -0.05) is 51.1 Å². The van der Waals surface area contributed by atoms with Gasteiger partial charge in [0, 0.05) is 12.1 Å². The van der Waals surface area contributed by atoms with Gasteiger partial charge >= 0.3 is 0 Å². The molecule has 17 heavy (non-hydrogen) atoms. The highest BCUT2D eigenvalue weighted by Crippen LogP contribution is 2.32. The predicted molar refractivity (Wildman–Crippen MR) is 74.3 cm³/mol. The Morgan fingerprint density at radius 3 is 2.41 bits per heavy atom. The van der Waals surface area contributed by atoms with Crippen LogP contribution >= 0.6 is 0 Å². The summed E-state index contributed by atoms with van der Waals surface area (Å²) in [5.41, 5.74) is 1.70. The molecule has 0 aromatic heterocycles. The van der Waals surface area contributed by atoms with Crippen LogP contribution in [0.4, 0.5) is 0 Å². The van der Waals surface area contributed by atoms with Crippen LogP contribution in [0.25, 0.3) is 0 Å². The van der Waals surface area contributed by atoms with Gasteiger partial charge in [-0.05, 0) is 36.7 Å². The average molecular weight is 231 g/mol. The number of hydrogen-bond donors (Lipinski definition) is 1. The zero-order valence-electron chi connectivity index (χ0n) is 11.5. The highest BCUT2D eigenvalue weighted by Gasteiger charge is 2.34. The summed E-state index contributed by atoms with van der Waals surface area (Å²) in [6.45, 7) is 9.33. The lowest BCUT2D eigenvalue weighted by Crippen LogP contribution is -2.35. The SMILES string of the molecule is CC(CC(C)(C)c1ccccc1)NC1CC1C. The standard InChI is InChI=1S/C16H25N/c1-12-10-15(12)17-13(2)11-16(3,4)14-8-6-5-7-9-14/h5-9,12-13,15,17H,10-11H2,1-4H3. The first-order chi connectivity index (χ1) is 7.99. The second-order valence-electron chi connectivity index (χ2n) is 6.34. The lowest BCUT2D eigenvalue weighted by molar-refractivity contribution is 0.383. The number of hydrogen-bond acceptors (Lipinski definition) is 1. The molecule has 0 aliphatic heterocycles. The van der Waals surface area contributed by atoms with Crippen LogP contribution < -0.4 is 5.32 Å².